The van der Waals surface area contributed by atoms with Crippen LogP contribution in [0.3, 0.4) is 0 Å². The molecule has 16 aromatic rings. The zero-order valence-corrected chi connectivity index (χ0v) is 60.9. The Morgan fingerprint density at radius 1 is 0.333 bits per heavy atom. The molecule has 18 rings (SSSR count). The SMILES string of the molecule is [B]c1c([B])c([B])c2c(c1[B])c1c([B])c([B])c([B])c([B])c1n2-c1ccc2c(c1)N(c1ccccc1-c1ccccc1)c1cc(-c3cc(-n4c5ccccc5c5ccccc54)ccc3C#N)cc3c1B2c1ccc(N(c2ccc(C(C)(C)C)cc2)c2ccc(C(C)(C)C)cc2)cc1N3c1ccccc1-c1ccccc1. The van der Waals surface area contributed by atoms with Gasteiger partial charge in [0.1, 0.15) is 62.8 Å². The number of hydrogen-bond donors (Lipinski definition) is 0. The van der Waals surface area contributed by atoms with Crippen molar-refractivity contribution in [3.8, 4) is 50.8 Å². The highest BCUT2D eigenvalue weighted by Gasteiger charge is 2.45. The van der Waals surface area contributed by atoms with Gasteiger partial charge in [-0.15, -0.1) is 21.9 Å². The highest BCUT2D eigenvalue weighted by Crippen LogP contribution is 2.52. The standard InChI is InChI=1S/C93H63B9N6/c1-92(2,3)57-34-39-59(40-35-57)104(60-41-36-58(37-42-60)93(4,5)6)62-43-45-69-75(50-62)107(71-29-17-13-25-64(71)53-21-9-7-10-22-53)77-47-56(68-49-61(38-33-55(68)52-103)105-73-31-19-15-27-66(73)67-28-16-20-32-74(67)105)48-78-89(77)102(69)70-46-44-63(51-76(70)108(78)72-30-18-14-26-65(72)54-23-11-8-12-24-54)106-90-79(81(94)83(96)85(98)87(90)100)80-82(95)84(97)86(99)88(101)91(80)106/h7-51H,1-6H3. The van der Waals surface area contributed by atoms with Crippen molar-refractivity contribution in [3.63, 3.8) is 0 Å². The van der Waals surface area contributed by atoms with Crippen LogP contribution in [0.25, 0.3) is 88.4 Å². The molecule has 15 heteroatoms. The van der Waals surface area contributed by atoms with E-state index in [0.29, 0.717) is 33.1 Å². The normalized spacial score (nSPS) is 12.6. The molecule has 0 bridgehead atoms. The van der Waals surface area contributed by atoms with E-state index in [2.05, 4.69) is 328 Å². The summed E-state index contributed by atoms with van der Waals surface area (Å²) in [6.07, 6.45) is 0. The lowest BCUT2D eigenvalue weighted by molar-refractivity contribution is 0.590. The third-order valence-electron chi connectivity index (χ3n) is 22.2. The van der Waals surface area contributed by atoms with Crippen LogP contribution in [0.5, 0.6) is 0 Å². The summed E-state index contributed by atoms with van der Waals surface area (Å²) in [6.45, 7) is 13.1. The van der Waals surface area contributed by atoms with Crippen molar-refractivity contribution >= 4 is 224 Å². The summed E-state index contributed by atoms with van der Waals surface area (Å²) in [5.74, 6) is 0. The summed E-state index contributed by atoms with van der Waals surface area (Å²) in [5, 5.41) is 14.9. The lowest BCUT2D eigenvalue weighted by Crippen LogP contribution is -2.61. The molecule has 0 saturated carbocycles. The van der Waals surface area contributed by atoms with Crippen molar-refractivity contribution < 1.29 is 0 Å². The summed E-state index contributed by atoms with van der Waals surface area (Å²) < 4.78 is 4.26. The Hall–Kier alpha value is -11.8. The number of rotatable bonds is 10. The van der Waals surface area contributed by atoms with Gasteiger partial charge in [0.25, 0.3) is 6.71 Å². The monoisotopic (exact) mass is 1360 g/mol. The fourth-order valence-corrected chi connectivity index (χ4v) is 16.8. The van der Waals surface area contributed by atoms with Crippen molar-refractivity contribution in [2.45, 2.75) is 52.4 Å². The van der Waals surface area contributed by atoms with E-state index in [-0.39, 0.29) is 54.5 Å². The van der Waals surface area contributed by atoms with Gasteiger partial charge in [-0.25, -0.2) is 0 Å². The molecule has 0 fully saturated rings. The Kier molecular flexibility index (Phi) is 16.2. The molecule has 492 valence electrons. The molecule has 2 aromatic heterocycles. The van der Waals surface area contributed by atoms with Gasteiger partial charge >= 0.3 is 0 Å². The maximum atomic E-state index is 11.7. The smallest absolute Gasteiger partial charge is 0.252 e. The van der Waals surface area contributed by atoms with Gasteiger partial charge in [-0.3, -0.25) is 0 Å². The van der Waals surface area contributed by atoms with Crippen LogP contribution < -0.4 is 74.8 Å². The minimum atomic E-state index is -0.465. The van der Waals surface area contributed by atoms with Crippen LogP contribution in [0.1, 0.15) is 58.2 Å². The molecular formula is C93H63B9N6. The van der Waals surface area contributed by atoms with Crippen LogP contribution in [0.2, 0.25) is 0 Å². The van der Waals surface area contributed by atoms with Gasteiger partial charge in [-0.05, 0) is 169 Å². The second-order valence-electron chi connectivity index (χ2n) is 30.5. The number of hydrogen-bond acceptors (Lipinski definition) is 4. The van der Waals surface area contributed by atoms with Crippen molar-refractivity contribution in [1.29, 1.82) is 5.26 Å². The summed E-state index contributed by atoms with van der Waals surface area (Å²) in [5.41, 5.74) is 25.3. The molecule has 0 saturated heterocycles. The summed E-state index contributed by atoms with van der Waals surface area (Å²) in [7, 11) is 56.1. The van der Waals surface area contributed by atoms with E-state index >= 15 is 0 Å². The first kappa shape index (κ1) is 68.0. The molecule has 0 amide bonds. The fraction of sp³-hybridized carbons (Fsp3) is 0.0860. The van der Waals surface area contributed by atoms with Gasteiger partial charge in [0.2, 0.25) is 0 Å². The molecule has 0 unspecified atom stereocenters. The van der Waals surface area contributed by atoms with Crippen LogP contribution >= 0.6 is 0 Å². The Bertz CT molecular complexity index is 6280. The highest BCUT2D eigenvalue weighted by molar-refractivity contribution is 7.00. The van der Waals surface area contributed by atoms with Crippen LogP contribution in [-0.2, 0) is 10.8 Å². The minimum absolute atomic E-state index is 0.0881. The summed E-state index contributed by atoms with van der Waals surface area (Å²) >= 11 is 0. The number of anilines is 9. The van der Waals surface area contributed by atoms with Gasteiger partial charge in [0.05, 0.1) is 34.0 Å². The average molecular weight is 1360 g/mol. The van der Waals surface area contributed by atoms with E-state index in [0.717, 1.165) is 128 Å². The van der Waals surface area contributed by atoms with Gasteiger partial charge < -0.3 is 23.8 Å². The molecule has 108 heavy (non-hydrogen) atoms. The highest BCUT2D eigenvalue weighted by atomic mass is 15.2. The molecule has 16 radical (unpaired) electrons. The fourth-order valence-electron chi connectivity index (χ4n) is 16.8. The summed E-state index contributed by atoms with van der Waals surface area (Å²) in [6, 6.07) is 100. The van der Waals surface area contributed by atoms with E-state index in [1.165, 1.54) is 11.1 Å². The van der Waals surface area contributed by atoms with Gasteiger partial charge in [-0.1, -0.05) is 233 Å². The van der Waals surface area contributed by atoms with Crippen LogP contribution in [0.4, 0.5) is 51.2 Å². The zero-order valence-electron chi connectivity index (χ0n) is 60.9. The molecule has 0 N–H and O–H groups in total. The van der Waals surface area contributed by atoms with Crippen molar-refractivity contribution in [2.24, 2.45) is 0 Å². The number of nitriles is 1. The molecule has 14 aromatic carbocycles. The van der Waals surface area contributed by atoms with E-state index in [1.807, 2.05) is 16.7 Å². The second-order valence-corrected chi connectivity index (χ2v) is 30.5. The Balaban J connectivity index is 0.997. The Labute approximate surface area is 642 Å². The third kappa shape index (κ3) is 10.6. The van der Waals surface area contributed by atoms with Crippen LogP contribution in [0.15, 0.2) is 273 Å². The van der Waals surface area contributed by atoms with Gasteiger partial charge in [-0.2, -0.15) is 5.26 Å². The van der Waals surface area contributed by atoms with Crippen LogP contribution in [-0.4, -0.2) is 78.6 Å². The average Bonchev–Trinajstić information content (AvgIpc) is 0.932. The Morgan fingerprint density at radius 3 is 1.22 bits per heavy atom. The first-order valence-corrected chi connectivity index (χ1v) is 36.4. The van der Waals surface area contributed by atoms with Gasteiger partial charge in [0.15, 0.2) is 0 Å². The third-order valence-corrected chi connectivity index (χ3v) is 22.2. The van der Waals surface area contributed by atoms with Gasteiger partial charge in [0, 0.05) is 89.7 Å². The second kappa shape index (κ2) is 25.7. The van der Waals surface area contributed by atoms with Crippen molar-refractivity contribution in [1.82, 2.24) is 9.13 Å². The minimum Gasteiger partial charge on any atom is -0.311 e. The predicted octanol–water partition coefficient (Wildman–Crippen LogP) is 13.3. The van der Waals surface area contributed by atoms with E-state index in [9.17, 15) is 5.26 Å². The maximum Gasteiger partial charge on any atom is 0.252 e. The van der Waals surface area contributed by atoms with E-state index < -0.39 is 6.71 Å². The molecular weight excluding hydrogens is 1300 g/mol. The molecule has 0 spiro atoms. The lowest BCUT2D eigenvalue weighted by atomic mass is 9.33. The molecule has 2 aliphatic heterocycles. The van der Waals surface area contributed by atoms with Crippen molar-refractivity contribution in [3.05, 3.63) is 290 Å². The molecule has 6 nitrogen and oxygen atoms in total. The topological polar surface area (TPSA) is 43.4 Å². The number of fused-ring (bicyclic) bond motifs is 10. The maximum absolute atomic E-state index is 11.7. The zero-order chi connectivity index (χ0) is 74.5. The largest absolute Gasteiger partial charge is 0.311 e. The van der Waals surface area contributed by atoms with E-state index in [1.54, 1.807) is 0 Å². The molecule has 0 aliphatic carbocycles. The van der Waals surface area contributed by atoms with Crippen LogP contribution in [0, 0.1) is 11.3 Å². The first-order chi connectivity index (χ1) is 52.2. The molecule has 2 aliphatic rings. The summed E-state index contributed by atoms with van der Waals surface area (Å²) in [4.78, 5) is 7.26. The van der Waals surface area contributed by atoms with E-state index in [4.69, 9.17) is 62.8 Å². The number of aromatic nitrogens is 2. The molecule has 4 heterocycles. The number of para-hydroxylation sites is 4. The number of benzene rings is 14. The molecule has 0 atom stereocenters. The van der Waals surface area contributed by atoms with Crippen molar-refractivity contribution in [2.75, 3.05) is 14.7 Å². The number of nitrogens with zero attached hydrogens (tertiary/aromatic N) is 6. The first-order valence-electron chi connectivity index (χ1n) is 36.4. The quantitative estimate of drug-likeness (QED) is 0.128. The lowest BCUT2D eigenvalue weighted by Gasteiger charge is -2.45. The Morgan fingerprint density at radius 2 is 0.741 bits per heavy atom. The predicted molar refractivity (Wildman–Crippen MR) is 465 cm³/mol.